The fraction of sp³-hybridized carbons (Fsp3) is 0.250. The summed E-state index contributed by atoms with van der Waals surface area (Å²) < 4.78 is 5.79. The molecule has 6 heteroatoms. The summed E-state index contributed by atoms with van der Waals surface area (Å²) >= 11 is 0. The number of hydrogen-bond acceptors (Lipinski definition) is 5. The molecule has 2 aromatic carbocycles. The van der Waals surface area contributed by atoms with E-state index in [9.17, 15) is 14.7 Å². The molecular weight excluding hydrogens is 428 g/mol. The third kappa shape index (κ3) is 4.31. The van der Waals surface area contributed by atoms with Gasteiger partial charge in [0.15, 0.2) is 0 Å². The van der Waals surface area contributed by atoms with Crippen molar-refractivity contribution in [3.63, 3.8) is 0 Å². The molecule has 1 fully saturated rings. The molecule has 1 N–H and O–H groups in total. The van der Waals surface area contributed by atoms with Crippen LogP contribution in [-0.2, 0) is 9.59 Å². The van der Waals surface area contributed by atoms with Crippen LogP contribution in [-0.4, -0.2) is 27.9 Å². The van der Waals surface area contributed by atoms with Crippen molar-refractivity contribution >= 4 is 23.1 Å². The Hall–Kier alpha value is -3.93. The molecule has 1 unspecified atom stereocenters. The number of aliphatic hydroxyl groups excluding tert-OH is 1. The van der Waals surface area contributed by atoms with E-state index in [0.717, 1.165) is 16.7 Å². The lowest BCUT2D eigenvalue weighted by Gasteiger charge is -2.25. The highest BCUT2D eigenvalue weighted by molar-refractivity contribution is 6.51. The van der Waals surface area contributed by atoms with Crippen molar-refractivity contribution in [2.75, 3.05) is 4.90 Å². The minimum absolute atomic E-state index is 0.00501. The van der Waals surface area contributed by atoms with Gasteiger partial charge in [-0.1, -0.05) is 12.1 Å². The van der Waals surface area contributed by atoms with E-state index < -0.39 is 17.7 Å². The number of amides is 1. The van der Waals surface area contributed by atoms with E-state index in [-0.39, 0.29) is 17.4 Å². The Labute approximate surface area is 199 Å². The SMILES string of the molecule is Cc1cc(C)cc(N2C(=O)C(=O)/C(=C(\O)c3ccc(OC(C)C)c(C)c3)C2c2ccccn2)c1. The topological polar surface area (TPSA) is 79.7 Å². The zero-order valence-electron chi connectivity index (χ0n) is 20.0. The van der Waals surface area contributed by atoms with Crippen LogP contribution in [0.4, 0.5) is 5.69 Å². The van der Waals surface area contributed by atoms with E-state index in [4.69, 9.17) is 4.74 Å². The maximum atomic E-state index is 13.3. The molecule has 3 aromatic rings. The minimum Gasteiger partial charge on any atom is -0.507 e. The number of aryl methyl sites for hydroxylation is 3. The Kier molecular flexibility index (Phi) is 6.24. The highest BCUT2D eigenvalue weighted by Crippen LogP contribution is 2.42. The normalized spacial score (nSPS) is 17.5. The Morgan fingerprint density at radius 3 is 2.29 bits per heavy atom. The van der Waals surface area contributed by atoms with E-state index in [2.05, 4.69) is 4.98 Å². The first kappa shape index (κ1) is 23.2. The van der Waals surface area contributed by atoms with Crippen LogP contribution in [0.25, 0.3) is 5.76 Å². The lowest BCUT2D eigenvalue weighted by Crippen LogP contribution is -2.30. The fourth-order valence-electron chi connectivity index (χ4n) is 4.34. The van der Waals surface area contributed by atoms with Gasteiger partial charge in [-0.05, 0) is 93.8 Å². The first-order chi connectivity index (χ1) is 16.2. The second-order valence-corrected chi connectivity index (χ2v) is 8.92. The standard InChI is InChI=1S/C28H28N2O4/c1-16(2)34-23-10-9-20(15-19(23)5)26(31)24-25(22-8-6-7-11-29-22)30(28(33)27(24)32)21-13-17(3)12-18(4)14-21/h6-16,25,31H,1-5H3/b26-24-. The van der Waals surface area contributed by atoms with Crippen molar-refractivity contribution in [1.82, 2.24) is 4.98 Å². The summed E-state index contributed by atoms with van der Waals surface area (Å²) in [6.07, 6.45) is 1.62. The first-order valence-electron chi connectivity index (χ1n) is 11.2. The number of aliphatic hydroxyl groups is 1. The van der Waals surface area contributed by atoms with Crippen molar-refractivity contribution in [3.05, 3.63) is 94.3 Å². The van der Waals surface area contributed by atoms with Crippen LogP contribution < -0.4 is 9.64 Å². The smallest absolute Gasteiger partial charge is 0.300 e. The van der Waals surface area contributed by atoms with E-state index >= 15 is 0 Å². The number of hydrogen-bond donors (Lipinski definition) is 1. The van der Waals surface area contributed by atoms with Crippen molar-refractivity contribution in [2.24, 2.45) is 0 Å². The summed E-state index contributed by atoms with van der Waals surface area (Å²) in [6.45, 7) is 9.63. The van der Waals surface area contributed by atoms with Crippen molar-refractivity contribution in [3.8, 4) is 5.75 Å². The maximum Gasteiger partial charge on any atom is 0.300 e. The zero-order valence-corrected chi connectivity index (χ0v) is 20.0. The summed E-state index contributed by atoms with van der Waals surface area (Å²) in [5.41, 5.74) is 4.29. The van der Waals surface area contributed by atoms with Gasteiger partial charge < -0.3 is 9.84 Å². The van der Waals surface area contributed by atoms with Crippen LogP contribution in [0, 0.1) is 20.8 Å². The minimum atomic E-state index is -0.853. The van der Waals surface area contributed by atoms with E-state index in [1.807, 2.05) is 52.8 Å². The summed E-state index contributed by atoms with van der Waals surface area (Å²) in [6, 6.07) is 15.4. The highest BCUT2D eigenvalue weighted by atomic mass is 16.5. The number of Topliss-reactive ketones (excluding diaryl/α,β-unsaturated/α-hetero) is 1. The van der Waals surface area contributed by atoms with Crippen molar-refractivity contribution < 1.29 is 19.4 Å². The predicted octanol–water partition coefficient (Wildman–Crippen LogP) is 5.42. The molecule has 1 aliphatic rings. The number of ketones is 1. The van der Waals surface area contributed by atoms with Crippen LogP contribution in [0.15, 0.2) is 66.4 Å². The maximum absolute atomic E-state index is 13.3. The molecule has 0 bridgehead atoms. The third-order valence-electron chi connectivity index (χ3n) is 5.71. The Bertz CT molecular complexity index is 1270. The number of aromatic nitrogens is 1. The second kappa shape index (κ2) is 9.14. The molecule has 0 saturated carbocycles. The Morgan fingerprint density at radius 1 is 1.00 bits per heavy atom. The van der Waals surface area contributed by atoms with Gasteiger partial charge in [-0.15, -0.1) is 0 Å². The average Bonchev–Trinajstić information content (AvgIpc) is 3.05. The Morgan fingerprint density at radius 2 is 1.71 bits per heavy atom. The van der Waals surface area contributed by atoms with Gasteiger partial charge in [-0.3, -0.25) is 19.5 Å². The van der Waals surface area contributed by atoms with Crippen LogP contribution in [0.1, 0.15) is 47.8 Å². The number of carbonyl (C=O) groups excluding carboxylic acids is 2. The van der Waals surface area contributed by atoms with Gasteiger partial charge in [0.2, 0.25) is 0 Å². The highest BCUT2D eigenvalue weighted by Gasteiger charge is 2.47. The summed E-state index contributed by atoms with van der Waals surface area (Å²) in [5.74, 6) is -0.977. The van der Waals surface area contributed by atoms with Gasteiger partial charge in [0, 0.05) is 17.4 Å². The molecule has 174 valence electrons. The molecule has 1 saturated heterocycles. The number of pyridine rings is 1. The third-order valence-corrected chi connectivity index (χ3v) is 5.71. The van der Waals surface area contributed by atoms with Gasteiger partial charge in [0.05, 0.1) is 17.4 Å². The zero-order chi connectivity index (χ0) is 24.6. The molecule has 2 heterocycles. The van der Waals surface area contributed by atoms with Gasteiger partial charge in [-0.25, -0.2) is 0 Å². The summed E-state index contributed by atoms with van der Waals surface area (Å²) in [4.78, 5) is 32.4. The molecule has 6 nitrogen and oxygen atoms in total. The van der Waals surface area contributed by atoms with Crippen molar-refractivity contribution in [2.45, 2.75) is 46.8 Å². The number of anilines is 1. The molecular formula is C28H28N2O4. The molecule has 0 spiro atoms. The number of ether oxygens (including phenoxy) is 1. The number of benzene rings is 2. The lowest BCUT2D eigenvalue weighted by atomic mass is 9.97. The summed E-state index contributed by atoms with van der Waals surface area (Å²) in [5, 5.41) is 11.3. The van der Waals surface area contributed by atoms with Crippen molar-refractivity contribution in [1.29, 1.82) is 0 Å². The quantitative estimate of drug-likeness (QED) is 0.315. The number of carbonyl (C=O) groups is 2. The molecule has 0 radical (unpaired) electrons. The van der Waals surface area contributed by atoms with Gasteiger partial charge in [-0.2, -0.15) is 0 Å². The van der Waals surface area contributed by atoms with E-state index in [1.54, 1.807) is 42.6 Å². The first-order valence-corrected chi connectivity index (χ1v) is 11.2. The van der Waals surface area contributed by atoms with Gasteiger partial charge in [0.1, 0.15) is 17.6 Å². The molecule has 4 rings (SSSR count). The molecule has 1 atom stereocenters. The molecule has 1 amide bonds. The average molecular weight is 457 g/mol. The summed E-state index contributed by atoms with van der Waals surface area (Å²) in [7, 11) is 0. The van der Waals surface area contributed by atoms with Crippen LogP contribution >= 0.6 is 0 Å². The molecule has 1 aliphatic heterocycles. The van der Waals surface area contributed by atoms with Gasteiger partial charge in [0.25, 0.3) is 11.7 Å². The molecule has 34 heavy (non-hydrogen) atoms. The lowest BCUT2D eigenvalue weighted by molar-refractivity contribution is -0.132. The number of rotatable bonds is 5. The van der Waals surface area contributed by atoms with Gasteiger partial charge >= 0.3 is 0 Å². The van der Waals surface area contributed by atoms with E-state index in [0.29, 0.717) is 22.7 Å². The monoisotopic (exact) mass is 456 g/mol. The second-order valence-electron chi connectivity index (χ2n) is 8.92. The van der Waals surface area contributed by atoms with Crippen LogP contribution in [0.3, 0.4) is 0 Å². The largest absolute Gasteiger partial charge is 0.507 e. The Balaban J connectivity index is 1.90. The fourth-order valence-corrected chi connectivity index (χ4v) is 4.34. The molecule has 0 aliphatic carbocycles. The number of nitrogens with zero attached hydrogens (tertiary/aromatic N) is 2. The van der Waals surface area contributed by atoms with Crippen LogP contribution in [0.2, 0.25) is 0 Å². The van der Waals surface area contributed by atoms with E-state index in [1.165, 1.54) is 4.90 Å². The molecule has 1 aromatic heterocycles. The van der Waals surface area contributed by atoms with Crippen LogP contribution in [0.5, 0.6) is 5.75 Å². The predicted molar refractivity (Wildman–Crippen MR) is 132 cm³/mol.